The summed E-state index contributed by atoms with van der Waals surface area (Å²) in [4.78, 5) is 13.9. The molecule has 3 nitrogen and oxygen atoms in total. The number of benzene rings is 1. The Morgan fingerprint density at radius 1 is 1.39 bits per heavy atom. The number of nitrogens with zero attached hydrogens (tertiary/aromatic N) is 1. The smallest absolute Gasteiger partial charge is 0.259 e. The van der Waals surface area contributed by atoms with Crippen LogP contribution in [-0.2, 0) is 0 Å². The van der Waals surface area contributed by atoms with Crippen LogP contribution >= 0.6 is 27.3 Å². The molecule has 5 heteroatoms. The normalized spacial score (nSPS) is 10.2. The SMILES string of the molecule is COc1ccccc1N(C)C(=O)c1csc(Br)c1. The summed E-state index contributed by atoms with van der Waals surface area (Å²) in [5.74, 6) is 0.629. The van der Waals surface area contributed by atoms with Gasteiger partial charge in [0.1, 0.15) is 5.75 Å². The van der Waals surface area contributed by atoms with Crippen LogP contribution in [0.2, 0.25) is 0 Å². The highest BCUT2D eigenvalue weighted by Gasteiger charge is 2.17. The van der Waals surface area contributed by atoms with E-state index in [1.165, 1.54) is 11.3 Å². The van der Waals surface area contributed by atoms with Gasteiger partial charge in [-0.05, 0) is 34.1 Å². The van der Waals surface area contributed by atoms with E-state index in [2.05, 4.69) is 15.9 Å². The second-order valence-corrected chi connectivity index (χ2v) is 5.97. The Morgan fingerprint density at radius 2 is 2.11 bits per heavy atom. The molecule has 94 valence electrons. The van der Waals surface area contributed by atoms with Gasteiger partial charge in [-0.3, -0.25) is 4.79 Å². The molecule has 0 atom stereocenters. The topological polar surface area (TPSA) is 29.5 Å². The van der Waals surface area contributed by atoms with E-state index < -0.39 is 0 Å². The molecule has 1 amide bonds. The van der Waals surface area contributed by atoms with Crippen molar-refractivity contribution in [2.45, 2.75) is 0 Å². The predicted octanol–water partition coefficient (Wildman–Crippen LogP) is 3.80. The number of carbonyl (C=O) groups is 1. The Morgan fingerprint density at radius 3 is 2.72 bits per heavy atom. The van der Waals surface area contributed by atoms with Crippen LogP contribution < -0.4 is 9.64 Å². The molecule has 1 heterocycles. The summed E-state index contributed by atoms with van der Waals surface area (Å²) in [5.41, 5.74) is 1.42. The van der Waals surface area contributed by atoms with Crippen molar-refractivity contribution in [2.24, 2.45) is 0 Å². The number of para-hydroxylation sites is 2. The zero-order chi connectivity index (χ0) is 13.1. The molecule has 0 saturated carbocycles. The zero-order valence-corrected chi connectivity index (χ0v) is 12.4. The van der Waals surface area contributed by atoms with Crippen molar-refractivity contribution in [3.05, 3.63) is 45.1 Å². The maximum Gasteiger partial charge on any atom is 0.259 e. The van der Waals surface area contributed by atoms with Gasteiger partial charge >= 0.3 is 0 Å². The number of carbonyl (C=O) groups excluding carboxylic acids is 1. The fraction of sp³-hybridized carbons (Fsp3) is 0.154. The zero-order valence-electron chi connectivity index (χ0n) is 10.0. The number of hydrogen-bond donors (Lipinski definition) is 0. The van der Waals surface area contributed by atoms with Crippen LogP contribution in [0.4, 0.5) is 5.69 Å². The van der Waals surface area contributed by atoms with E-state index in [-0.39, 0.29) is 5.91 Å². The van der Waals surface area contributed by atoms with Gasteiger partial charge in [0.05, 0.1) is 22.1 Å². The van der Waals surface area contributed by atoms with E-state index in [0.29, 0.717) is 11.3 Å². The van der Waals surface area contributed by atoms with Crippen molar-refractivity contribution in [3.8, 4) is 5.75 Å². The minimum Gasteiger partial charge on any atom is -0.495 e. The van der Waals surface area contributed by atoms with E-state index in [4.69, 9.17) is 4.74 Å². The van der Waals surface area contributed by atoms with Crippen LogP contribution in [0.5, 0.6) is 5.75 Å². The molecule has 0 saturated heterocycles. The first-order chi connectivity index (χ1) is 8.63. The van der Waals surface area contributed by atoms with Gasteiger partial charge in [0.2, 0.25) is 0 Å². The summed E-state index contributed by atoms with van der Waals surface area (Å²) >= 11 is 4.85. The number of methoxy groups -OCH3 is 1. The fourth-order valence-electron chi connectivity index (χ4n) is 1.63. The van der Waals surface area contributed by atoms with Gasteiger partial charge in [-0.1, -0.05) is 12.1 Å². The molecule has 18 heavy (non-hydrogen) atoms. The summed E-state index contributed by atoms with van der Waals surface area (Å²) in [6.45, 7) is 0. The third kappa shape index (κ3) is 2.57. The number of rotatable bonds is 3. The lowest BCUT2D eigenvalue weighted by Crippen LogP contribution is -2.26. The second-order valence-electron chi connectivity index (χ2n) is 3.68. The monoisotopic (exact) mass is 325 g/mol. The van der Waals surface area contributed by atoms with Gasteiger partial charge in [0.25, 0.3) is 5.91 Å². The number of anilines is 1. The Hall–Kier alpha value is -1.33. The number of amides is 1. The summed E-state index contributed by atoms with van der Waals surface area (Å²) in [6.07, 6.45) is 0. The molecule has 0 spiro atoms. The molecule has 0 aliphatic rings. The van der Waals surface area contributed by atoms with Crippen molar-refractivity contribution < 1.29 is 9.53 Å². The summed E-state index contributed by atoms with van der Waals surface area (Å²) in [6, 6.07) is 9.27. The van der Waals surface area contributed by atoms with Crippen LogP contribution in [0.3, 0.4) is 0 Å². The van der Waals surface area contributed by atoms with E-state index >= 15 is 0 Å². The van der Waals surface area contributed by atoms with Gasteiger partial charge in [-0.2, -0.15) is 0 Å². The van der Waals surface area contributed by atoms with E-state index in [1.54, 1.807) is 19.1 Å². The van der Waals surface area contributed by atoms with Gasteiger partial charge in [-0.15, -0.1) is 11.3 Å². The highest BCUT2D eigenvalue weighted by atomic mass is 79.9. The lowest BCUT2D eigenvalue weighted by molar-refractivity contribution is 0.0993. The number of halogens is 1. The first-order valence-corrected chi connectivity index (χ1v) is 6.96. The molecule has 0 bridgehead atoms. The van der Waals surface area contributed by atoms with Crippen molar-refractivity contribution >= 4 is 38.9 Å². The molecular formula is C13H12BrNO2S. The number of ether oxygens (including phenoxy) is 1. The molecule has 0 aliphatic heterocycles. The molecule has 0 N–H and O–H groups in total. The first-order valence-electron chi connectivity index (χ1n) is 5.28. The van der Waals surface area contributed by atoms with E-state index in [0.717, 1.165) is 9.47 Å². The van der Waals surface area contributed by atoms with Gasteiger partial charge < -0.3 is 9.64 Å². The molecule has 1 aromatic carbocycles. The predicted molar refractivity (Wildman–Crippen MR) is 77.7 cm³/mol. The molecule has 0 fully saturated rings. The van der Waals surface area contributed by atoms with Gasteiger partial charge in [0.15, 0.2) is 0 Å². The first kappa shape index (κ1) is 13.1. The Kier molecular flexibility index (Phi) is 4.04. The van der Waals surface area contributed by atoms with Crippen molar-refractivity contribution in [2.75, 3.05) is 19.1 Å². The number of thiophene rings is 1. The maximum atomic E-state index is 12.3. The molecule has 2 rings (SSSR count). The highest BCUT2D eigenvalue weighted by molar-refractivity contribution is 9.11. The van der Waals surface area contributed by atoms with Crippen molar-refractivity contribution in [3.63, 3.8) is 0 Å². The number of hydrogen-bond acceptors (Lipinski definition) is 3. The Labute approximate surface area is 118 Å². The van der Waals surface area contributed by atoms with Crippen LogP contribution in [0, 0.1) is 0 Å². The quantitative estimate of drug-likeness (QED) is 0.859. The lowest BCUT2D eigenvalue weighted by Gasteiger charge is -2.19. The fourth-order valence-corrected chi connectivity index (χ4v) is 2.76. The van der Waals surface area contributed by atoms with Gasteiger partial charge in [0, 0.05) is 12.4 Å². The summed E-state index contributed by atoms with van der Waals surface area (Å²) < 4.78 is 6.20. The maximum absolute atomic E-state index is 12.3. The Balaban J connectivity index is 2.31. The molecule has 2 aromatic rings. The Bertz CT molecular complexity index is 568. The van der Waals surface area contributed by atoms with Crippen LogP contribution in [-0.4, -0.2) is 20.1 Å². The highest BCUT2D eigenvalue weighted by Crippen LogP contribution is 2.29. The standard InChI is InChI=1S/C13H12BrNO2S/c1-15(10-5-3-4-6-11(10)17-2)13(16)9-7-12(14)18-8-9/h3-8H,1-2H3. The molecular weight excluding hydrogens is 314 g/mol. The van der Waals surface area contributed by atoms with Crippen LogP contribution in [0.25, 0.3) is 0 Å². The van der Waals surface area contributed by atoms with Crippen LogP contribution in [0.1, 0.15) is 10.4 Å². The average molecular weight is 326 g/mol. The molecule has 0 radical (unpaired) electrons. The van der Waals surface area contributed by atoms with Crippen LogP contribution in [0.15, 0.2) is 39.5 Å². The van der Waals surface area contributed by atoms with Crippen molar-refractivity contribution in [1.29, 1.82) is 0 Å². The summed E-state index contributed by atoms with van der Waals surface area (Å²) in [5, 5.41) is 1.83. The second kappa shape index (κ2) is 5.54. The van der Waals surface area contributed by atoms with E-state index in [1.807, 2.05) is 35.7 Å². The summed E-state index contributed by atoms with van der Waals surface area (Å²) in [7, 11) is 3.34. The van der Waals surface area contributed by atoms with E-state index in [9.17, 15) is 4.79 Å². The minimum absolute atomic E-state index is 0.0542. The van der Waals surface area contributed by atoms with Gasteiger partial charge in [-0.25, -0.2) is 0 Å². The largest absolute Gasteiger partial charge is 0.495 e. The lowest BCUT2D eigenvalue weighted by atomic mass is 10.2. The van der Waals surface area contributed by atoms with Crippen molar-refractivity contribution in [1.82, 2.24) is 0 Å². The molecule has 1 aromatic heterocycles. The molecule has 0 aliphatic carbocycles. The third-order valence-corrected chi connectivity index (χ3v) is 4.07. The third-order valence-electron chi connectivity index (χ3n) is 2.57. The minimum atomic E-state index is -0.0542. The average Bonchev–Trinajstić information content (AvgIpc) is 2.83. The molecule has 0 unspecified atom stereocenters.